The third kappa shape index (κ3) is 1.71. The quantitative estimate of drug-likeness (QED) is 0.718. The SMILES string of the molecule is NC1CC(O)(c2cncc3ccccc23)c2ccccc21. The summed E-state index contributed by atoms with van der Waals surface area (Å²) in [6, 6.07) is 15.7. The monoisotopic (exact) mass is 276 g/mol. The van der Waals surface area contributed by atoms with Gasteiger partial charge in [-0.15, -0.1) is 0 Å². The Hall–Kier alpha value is -2.23. The Kier molecular flexibility index (Phi) is 2.61. The highest BCUT2D eigenvalue weighted by molar-refractivity contribution is 5.86. The highest BCUT2D eigenvalue weighted by atomic mass is 16.3. The second kappa shape index (κ2) is 4.38. The summed E-state index contributed by atoms with van der Waals surface area (Å²) in [6.45, 7) is 0. The Morgan fingerprint density at radius 2 is 1.76 bits per heavy atom. The number of nitrogens with zero attached hydrogens (tertiary/aromatic N) is 1. The van der Waals surface area contributed by atoms with Crippen LogP contribution in [0.15, 0.2) is 60.9 Å². The van der Waals surface area contributed by atoms with E-state index in [9.17, 15) is 5.11 Å². The minimum atomic E-state index is -1.07. The van der Waals surface area contributed by atoms with Gasteiger partial charge >= 0.3 is 0 Å². The van der Waals surface area contributed by atoms with Gasteiger partial charge in [0.15, 0.2) is 0 Å². The Morgan fingerprint density at radius 1 is 1.00 bits per heavy atom. The molecular weight excluding hydrogens is 260 g/mol. The molecule has 21 heavy (non-hydrogen) atoms. The van der Waals surface area contributed by atoms with E-state index in [1.54, 1.807) is 6.20 Å². The lowest BCUT2D eigenvalue weighted by molar-refractivity contribution is 0.0788. The Bertz CT molecular complexity index is 825. The molecule has 0 saturated carbocycles. The molecule has 3 nitrogen and oxygen atoms in total. The minimum absolute atomic E-state index is 0.148. The molecule has 3 N–H and O–H groups in total. The summed E-state index contributed by atoms with van der Waals surface area (Å²) in [5, 5.41) is 13.4. The van der Waals surface area contributed by atoms with Crippen LogP contribution in [0, 0.1) is 0 Å². The van der Waals surface area contributed by atoms with Crippen molar-refractivity contribution in [3.8, 4) is 0 Å². The average molecular weight is 276 g/mol. The molecule has 0 saturated heterocycles. The molecule has 0 spiro atoms. The van der Waals surface area contributed by atoms with E-state index in [-0.39, 0.29) is 6.04 Å². The lowest BCUT2D eigenvalue weighted by Crippen LogP contribution is -2.25. The predicted octanol–water partition coefficient (Wildman–Crippen LogP) is 2.87. The molecule has 0 aliphatic heterocycles. The summed E-state index contributed by atoms with van der Waals surface area (Å²) < 4.78 is 0. The van der Waals surface area contributed by atoms with Gasteiger partial charge in [-0.05, 0) is 16.5 Å². The van der Waals surface area contributed by atoms with Crippen molar-refractivity contribution in [1.82, 2.24) is 4.98 Å². The highest BCUT2D eigenvalue weighted by Crippen LogP contribution is 2.47. The number of pyridine rings is 1. The molecule has 0 amide bonds. The van der Waals surface area contributed by atoms with Crippen LogP contribution in [0.5, 0.6) is 0 Å². The normalized spacial score (nSPS) is 24.2. The van der Waals surface area contributed by atoms with Crippen molar-refractivity contribution in [1.29, 1.82) is 0 Å². The Morgan fingerprint density at radius 3 is 2.67 bits per heavy atom. The van der Waals surface area contributed by atoms with Crippen LogP contribution < -0.4 is 5.73 Å². The van der Waals surface area contributed by atoms with Gasteiger partial charge in [-0.3, -0.25) is 4.98 Å². The zero-order valence-corrected chi connectivity index (χ0v) is 11.5. The lowest BCUT2D eigenvalue weighted by Gasteiger charge is -2.26. The fourth-order valence-corrected chi connectivity index (χ4v) is 3.44. The summed E-state index contributed by atoms with van der Waals surface area (Å²) >= 11 is 0. The number of fused-ring (bicyclic) bond motifs is 2. The summed E-state index contributed by atoms with van der Waals surface area (Å²) in [5.41, 5.74) is 7.91. The molecular formula is C18H16N2O. The van der Waals surface area contributed by atoms with E-state index in [1.165, 1.54) is 0 Å². The third-order valence-electron chi connectivity index (χ3n) is 4.43. The molecule has 1 heterocycles. The van der Waals surface area contributed by atoms with Crippen LogP contribution in [-0.2, 0) is 5.60 Å². The van der Waals surface area contributed by atoms with Crippen molar-refractivity contribution in [2.24, 2.45) is 5.73 Å². The number of hydrogen-bond donors (Lipinski definition) is 2. The van der Waals surface area contributed by atoms with Crippen molar-refractivity contribution in [3.05, 3.63) is 77.6 Å². The summed E-state index contributed by atoms with van der Waals surface area (Å²) in [5.74, 6) is 0. The topological polar surface area (TPSA) is 59.1 Å². The maximum atomic E-state index is 11.4. The maximum absolute atomic E-state index is 11.4. The van der Waals surface area contributed by atoms with Crippen LogP contribution in [0.1, 0.15) is 29.2 Å². The molecule has 104 valence electrons. The zero-order chi connectivity index (χ0) is 14.4. The Labute approximate surface area is 123 Å². The molecule has 1 aromatic heterocycles. The first kappa shape index (κ1) is 12.5. The number of aliphatic hydroxyl groups is 1. The van der Waals surface area contributed by atoms with E-state index in [1.807, 2.05) is 54.7 Å². The fourth-order valence-electron chi connectivity index (χ4n) is 3.44. The number of hydrogen-bond acceptors (Lipinski definition) is 3. The molecule has 2 atom stereocenters. The highest BCUT2D eigenvalue weighted by Gasteiger charge is 2.43. The molecule has 3 aromatic rings. The summed E-state index contributed by atoms with van der Waals surface area (Å²) in [7, 11) is 0. The number of benzene rings is 2. The van der Waals surface area contributed by atoms with Gasteiger partial charge in [-0.1, -0.05) is 48.5 Å². The average Bonchev–Trinajstić information content (AvgIpc) is 2.80. The number of rotatable bonds is 1. The van der Waals surface area contributed by atoms with Crippen LogP contribution >= 0.6 is 0 Å². The van der Waals surface area contributed by atoms with Gasteiger partial charge in [-0.2, -0.15) is 0 Å². The number of aromatic nitrogens is 1. The van der Waals surface area contributed by atoms with Crippen molar-refractivity contribution in [2.75, 3.05) is 0 Å². The molecule has 2 unspecified atom stereocenters. The van der Waals surface area contributed by atoms with Crippen LogP contribution in [0.25, 0.3) is 10.8 Å². The Balaban J connectivity index is 2.01. The van der Waals surface area contributed by atoms with E-state index in [4.69, 9.17) is 5.73 Å². The van der Waals surface area contributed by atoms with Crippen LogP contribution in [-0.4, -0.2) is 10.1 Å². The first-order chi connectivity index (χ1) is 10.2. The van der Waals surface area contributed by atoms with E-state index >= 15 is 0 Å². The van der Waals surface area contributed by atoms with E-state index < -0.39 is 5.60 Å². The smallest absolute Gasteiger partial charge is 0.119 e. The molecule has 3 heteroatoms. The van der Waals surface area contributed by atoms with Gasteiger partial charge in [0.2, 0.25) is 0 Å². The van der Waals surface area contributed by atoms with E-state index in [0.717, 1.165) is 27.5 Å². The van der Waals surface area contributed by atoms with Crippen molar-refractivity contribution in [3.63, 3.8) is 0 Å². The van der Waals surface area contributed by atoms with Crippen molar-refractivity contribution < 1.29 is 5.11 Å². The van der Waals surface area contributed by atoms with Gasteiger partial charge in [0.05, 0.1) is 0 Å². The molecule has 1 aliphatic rings. The molecule has 2 aromatic carbocycles. The molecule has 0 bridgehead atoms. The lowest BCUT2D eigenvalue weighted by atomic mass is 9.86. The van der Waals surface area contributed by atoms with Crippen molar-refractivity contribution in [2.45, 2.75) is 18.1 Å². The first-order valence-electron chi connectivity index (χ1n) is 7.11. The fraction of sp³-hybridized carbons (Fsp3) is 0.167. The van der Waals surface area contributed by atoms with Gasteiger partial charge in [-0.25, -0.2) is 0 Å². The maximum Gasteiger partial charge on any atom is 0.119 e. The number of nitrogens with two attached hydrogens (primary N) is 1. The predicted molar refractivity (Wildman–Crippen MR) is 82.7 cm³/mol. The summed E-state index contributed by atoms with van der Waals surface area (Å²) in [4.78, 5) is 4.30. The molecule has 0 fully saturated rings. The van der Waals surface area contributed by atoms with E-state index in [0.29, 0.717) is 6.42 Å². The van der Waals surface area contributed by atoms with Crippen LogP contribution in [0.4, 0.5) is 0 Å². The first-order valence-corrected chi connectivity index (χ1v) is 7.11. The van der Waals surface area contributed by atoms with Crippen LogP contribution in [0.2, 0.25) is 0 Å². The van der Waals surface area contributed by atoms with Gasteiger partial charge in [0.25, 0.3) is 0 Å². The molecule has 1 aliphatic carbocycles. The van der Waals surface area contributed by atoms with Gasteiger partial charge < -0.3 is 10.8 Å². The third-order valence-corrected chi connectivity index (χ3v) is 4.43. The largest absolute Gasteiger partial charge is 0.380 e. The van der Waals surface area contributed by atoms with Crippen molar-refractivity contribution >= 4 is 10.8 Å². The van der Waals surface area contributed by atoms with E-state index in [2.05, 4.69) is 4.98 Å². The molecule has 4 rings (SSSR count). The second-order valence-electron chi connectivity index (χ2n) is 5.67. The second-order valence-corrected chi connectivity index (χ2v) is 5.67. The molecule has 0 radical (unpaired) electrons. The zero-order valence-electron chi connectivity index (χ0n) is 11.5. The van der Waals surface area contributed by atoms with Gasteiger partial charge in [0, 0.05) is 35.8 Å². The minimum Gasteiger partial charge on any atom is -0.380 e. The van der Waals surface area contributed by atoms with Gasteiger partial charge in [0.1, 0.15) is 5.60 Å². The standard InChI is InChI=1S/C18H16N2O/c19-17-9-18(21,15-8-4-3-7-14(15)17)16-11-20-10-12-5-1-2-6-13(12)16/h1-8,10-11,17,21H,9,19H2. The van der Waals surface area contributed by atoms with Crippen LogP contribution in [0.3, 0.4) is 0 Å². The summed E-state index contributed by atoms with van der Waals surface area (Å²) in [6.07, 6.45) is 4.07.